The minimum atomic E-state index is -3.61. The van der Waals surface area contributed by atoms with Gasteiger partial charge >= 0.3 is 0 Å². The molecule has 146 valence electrons. The lowest BCUT2D eigenvalue weighted by atomic mass is 10.1. The first-order valence-corrected chi connectivity index (χ1v) is 10.1. The van der Waals surface area contributed by atoms with E-state index in [-0.39, 0.29) is 29.5 Å². The topological polar surface area (TPSA) is 93.7 Å². The molecule has 2 aromatic carbocycles. The van der Waals surface area contributed by atoms with Gasteiger partial charge in [-0.1, -0.05) is 19.1 Å². The Morgan fingerprint density at radius 1 is 1.07 bits per heavy atom. The molecule has 27 heavy (non-hydrogen) atoms. The predicted molar refractivity (Wildman–Crippen MR) is 103 cm³/mol. The first-order chi connectivity index (χ1) is 12.9. The Hall–Kier alpha value is -2.58. The molecule has 8 heteroatoms. The highest BCUT2D eigenvalue weighted by molar-refractivity contribution is 7.89. The summed E-state index contributed by atoms with van der Waals surface area (Å²) in [6.07, 6.45) is 0. The Labute approximate surface area is 159 Å². The van der Waals surface area contributed by atoms with Crippen molar-refractivity contribution in [2.45, 2.75) is 25.3 Å². The molecule has 0 aromatic heterocycles. The average molecular weight is 392 g/mol. The molecular formula is C19H24N2O5S. The molecule has 0 spiro atoms. The zero-order chi connectivity index (χ0) is 19.9. The lowest BCUT2D eigenvalue weighted by Crippen LogP contribution is -2.25. The van der Waals surface area contributed by atoms with Crippen molar-refractivity contribution in [3.05, 3.63) is 53.6 Å². The molecular weight excluding hydrogens is 368 g/mol. The molecule has 0 aliphatic carbocycles. The highest BCUT2D eigenvalue weighted by Gasteiger charge is 2.15. The highest BCUT2D eigenvalue weighted by Crippen LogP contribution is 2.28. The number of methoxy groups -OCH3 is 1. The van der Waals surface area contributed by atoms with Gasteiger partial charge in [0, 0.05) is 18.7 Å². The molecule has 1 amide bonds. The molecule has 0 atom stereocenters. The Balaban J connectivity index is 2.10. The number of benzene rings is 2. The van der Waals surface area contributed by atoms with Crippen molar-refractivity contribution >= 4 is 15.9 Å². The molecule has 2 N–H and O–H groups in total. The van der Waals surface area contributed by atoms with Crippen LogP contribution in [0, 0.1) is 0 Å². The second-order valence-corrected chi connectivity index (χ2v) is 7.40. The summed E-state index contributed by atoms with van der Waals surface area (Å²) in [7, 11) is -2.06. The van der Waals surface area contributed by atoms with Crippen LogP contribution in [0.5, 0.6) is 11.5 Å². The third-order valence-electron chi connectivity index (χ3n) is 3.72. The molecule has 0 fully saturated rings. The first-order valence-electron chi connectivity index (χ1n) is 8.59. The average Bonchev–Trinajstić information content (AvgIpc) is 2.67. The minimum Gasteiger partial charge on any atom is -0.493 e. The van der Waals surface area contributed by atoms with Gasteiger partial charge in [0.1, 0.15) is 0 Å². The van der Waals surface area contributed by atoms with Gasteiger partial charge in [-0.05, 0) is 42.8 Å². The molecule has 0 unspecified atom stereocenters. The third-order valence-corrected chi connectivity index (χ3v) is 5.27. The van der Waals surface area contributed by atoms with Crippen molar-refractivity contribution in [2.24, 2.45) is 0 Å². The monoisotopic (exact) mass is 392 g/mol. The molecule has 0 aliphatic heterocycles. The van der Waals surface area contributed by atoms with Crippen molar-refractivity contribution in [2.75, 3.05) is 20.3 Å². The van der Waals surface area contributed by atoms with Crippen LogP contribution in [-0.4, -0.2) is 34.6 Å². The zero-order valence-electron chi connectivity index (χ0n) is 15.6. The SMILES string of the molecule is CCNS(=O)(=O)c1cccc(C(=O)NCc2ccc(OCC)c(OC)c2)c1. The van der Waals surface area contributed by atoms with Gasteiger partial charge in [0.05, 0.1) is 18.6 Å². The number of hydrogen-bond donors (Lipinski definition) is 2. The van der Waals surface area contributed by atoms with E-state index in [2.05, 4.69) is 10.0 Å². The number of carbonyl (C=O) groups is 1. The fraction of sp³-hybridized carbons (Fsp3) is 0.316. The second kappa shape index (κ2) is 9.38. The van der Waals surface area contributed by atoms with Crippen LogP contribution >= 0.6 is 0 Å². The van der Waals surface area contributed by atoms with E-state index in [1.54, 1.807) is 38.3 Å². The van der Waals surface area contributed by atoms with Crippen LogP contribution in [0.3, 0.4) is 0 Å². The van der Waals surface area contributed by atoms with Crippen LogP contribution < -0.4 is 19.5 Å². The van der Waals surface area contributed by atoms with Crippen molar-refractivity contribution in [3.8, 4) is 11.5 Å². The predicted octanol–water partition coefficient (Wildman–Crippen LogP) is 2.32. The number of amides is 1. The smallest absolute Gasteiger partial charge is 0.251 e. The van der Waals surface area contributed by atoms with Gasteiger partial charge < -0.3 is 14.8 Å². The molecule has 0 saturated carbocycles. The Morgan fingerprint density at radius 2 is 1.85 bits per heavy atom. The van der Waals surface area contributed by atoms with Crippen molar-refractivity contribution in [1.82, 2.24) is 10.0 Å². The van der Waals surface area contributed by atoms with E-state index >= 15 is 0 Å². The molecule has 0 heterocycles. The summed E-state index contributed by atoms with van der Waals surface area (Å²) in [5, 5.41) is 2.78. The number of sulfonamides is 1. The molecule has 0 radical (unpaired) electrons. The van der Waals surface area contributed by atoms with E-state index in [0.29, 0.717) is 18.1 Å². The van der Waals surface area contributed by atoms with E-state index in [1.165, 1.54) is 12.1 Å². The van der Waals surface area contributed by atoms with Crippen LogP contribution in [0.25, 0.3) is 0 Å². The number of nitrogens with one attached hydrogen (secondary N) is 2. The maximum absolute atomic E-state index is 12.4. The van der Waals surface area contributed by atoms with E-state index in [0.717, 1.165) is 5.56 Å². The molecule has 2 aromatic rings. The van der Waals surface area contributed by atoms with Crippen LogP contribution in [0.1, 0.15) is 29.8 Å². The first kappa shape index (κ1) is 20.7. The van der Waals surface area contributed by atoms with Gasteiger partial charge in [-0.15, -0.1) is 0 Å². The van der Waals surface area contributed by atoms with Gasteiger partial charge in [0.2, 0.25) is 10.0 Å². The van der Waals surface area contributed by atoms with E-state index in [1.807, 2.05) is 13.0 Å². The molecule has 7 nitrogen and oxygen atoms in total. The molecule has 0 aliphatic rings. The van der Waals surface area contributed by atoms with Crippen molar-refractivity contribution in [1.29, 1.82) is 0 Å². The summed E-state index contributed by atoms with van der Waals surface area (Å²) in [5.41, 5.74) is 1.10. The molecule has 2 rings (SSSR count). The van der Waals surface area contributed by atoms with Crippen molar-refractivity contribution < 1.29 is 22.7 Å². The van der Waals surface area contributed by atoms with Gasteiger partial charge in [-0.2, -0.15) is 0 Å². The summed E-state index contributed by atoms with van der Waals surface area (Å²) in [6, 6.07) is 11.3. The summed E-state index contributed by atoms with van der Waals surface area (Å²) in [4.78, 5) is 12.5. The van der Waals surface area contributed by atoms with E-state index < -0.39 is 10.0 Å². The van der Waals surface area contributed by atoms with Gasteiger partial charge in [0.25, 0.3) is 5.91 Å². The quantitative estimate of drug-likeness (QED) is 0.683. The largest absolute Gasteiger partial charge is 0.493 e. The van der Waals surface area contributed by atoms with Crippen LogP contribution in [0.4, 0.5) is 0 Å². The minimum absolute atomic E-state index is 0.0553. The maximum Gasteiger partial charge on any atom is 0.251 e. The number of ether oxygens (including phenoxy) is 2. The Morgan fingerprint density at radius 3 is 2.52 bits per heavy atom. The van der Waals surface area contributed by atoms with E-state index in [9.17, 15) is 13.2 Å². The summed E-state index contributed by atoms with van der Waals surface area (Å²) in [5.74, 6) is 0.857. The van der Waals surface area contributed by atoms with Gasteiger partial charge in [-0.25, -0.2) is 13.1 Å². The summed E-state index contributed by atoms with van der Waals surface area (Å²) in [6.45, 7) is 4.65. The maximum atomic E-state index is 12.4. The van der Waals surface area contributed by atoms with Gasteiger partial charge in [-0.3, -0.25) is 4.79 Å². The lowest BCUT2D eigenvalue weighted by molar-refractivity contribution is 0.0950. The standard InChI is InChI=1S/C19H24N2O5S/c1-4-21-27(23,24)16-8-6-7-15(12-16)19(22)20-13-14-9-10-17(26-5-2)18(11-14)25-3/h6-12,21H,4-5,13H2,1-3H3,(H,20,22). The molecule has 0 saturated heterocycles. The number of rotatable bonds is 9. The summed E-state index contributed by atoms with van der Waals surface area (Å²) >= 11 is 0. The zero-order valence-corrected chi connectivity index (χ0v) is 16.4. The third kappa shape index (κ3) is 5.45. The number of carbonyl (C=O) groups excluding carboxylic acids is 1. The molecule has 0 bridgehead atoms. The van der Waals surface area contributed by atoms with Crippen LogP contribution in [-0.2, 0) is 16.6 Å². The lowest BCUT2D eigenvalue weighted by Gasteiger charge is -2.12. The summed E-state index contributed by atoms with van der Waals surface area (Å²) < 4.78 is 37.3. The second-order valence-electron chi connectivity index (χ2n) is 5.63. The van der Waals surface area contributed by atoms with Crippen LogP contribution in [0.2, 0.25) is 0 Å². The highest BCUT2D eigenvalue weighted by atomic mass is 32.2. The Bertz CT molecular complexity index is 897. The van der Waals surface area contributed by atoms with Crippen molar-refractivity contribution in [3.63, 3.8) is 0 Å². The fourth-order valence-corrected chi connectivity index (χ4v) is 3.55. The van der Waals surface area contributed by atoms with Gasteiger partial charge in [0.15, 0.2) is 11.5 Å². The number of hydrogen-bond acceptors (Lipinski definition) is 5. The fourth-order valence-electron chi connectivity index (χ4n) is 2.46. The normalized spacial score (nSPS) is 11.1. The Kier molecular flexibility index (Phi) is 7.20. The van der Waals surface area contributed by atoms with Crippen LogP contribution in [0.15, 0.2) is 47.4 Å². The van der Waals surface area contributed by atoms with E-state index in [4.69, 9.17) is 9.47 Å².